The van der Waals surface area contributed by atoms with Crippen molar-refractivity contribution in [1.29, 1.82) is 0 Å². The standard InChI is InChI=1S/C16H18N2O2S/c1-3-21-14-6-4-5-13(15(14)16(17)18-19)20-12-9-7-11(2)8-10-12/h4-10,19H,3H2,1-2H3,(H2,17,18). The summed E-state index contributed by atoms with van der Waals surface area (Å²) in [5, 5.41) is 12.1. The summed E-state index contributed by atoms with van der Waals surface area (Å²) in [6, 6.07) is 13.4. The molecule has 0 saturated carbocycles. The Morgan fingerprint density at radius 3 is 2.57 bits per heavy atom. The van der Waals surface area contributed by atoms with E-state index in [1.807, 2.05) is 56.3 Å². The highest BCUT2D eigenvalue weighted by molar-refractivity contribution is 7.99. The lowest BCUT2D eigenvalue weighted by atomic mass is 10.2. The summed E-state index contributed by atoms with van der Waals surface area (Å²) in [6.07, 6.45) is 0. The molecule has 0 aliphatic heterocycles. The second-order valence-electron chi connectivity index (χ2n) is 4.46. The molecular weight excluding hydrogens is 284 g/mol. The number of hydrogen-bond donors (Lipinski definition) is 2. The van der Waals surface area contributed by atoms with Crippen molar-refractivity contribution in [3.63, 3.8) is 0 Å². The SMILES string of the molecule is CCSc1cccc(Oc2ccc(C)cc2)c1/C(N)=N/O. The van der Waals surface area contributed by atoms with Crippen LogP contribution < -0.4 is 10.5 Å². The lowest BCUT2D eigenvalue weighted by Crippen LogP contribution is -2.15. The quantitative estimate of drug-likeness (QED) is 0.288. The maximum absolute atomic E-state index is 9.01. The Balaban J connectivity index is 2.42. The molecule has 2 aromatic carbocycles. The number of ether oxygens (including phenoxy) is 1. The van der Waals surface area contributed by atoms with Gasteiger partial charge in [0.05, 0.1) is 5.56 Å². The normalized spacial score (nSPS) is 11.4. The third-order valence-corrected chi connectivity index (χ3v) is 3.84. The first-order valence-corrected chi connectivity index (χ1v) is 7.62. The van der Waals surface area contributed by atoms with Gasteiger partial charge < -0.3 is 15.7 Å². The van der Waals surface area contributed by atoms with Crippen molar-refractivity contribution in [3.8, 4) is 11.5 Å². The van der Waals surface area contributed by atoms with Crippen LogP contribution >= 0.6 is 11.8 Å². The Kier molecular flexibility index (Phi) is 5.11. The minimum Gasteiger partial charge on any atom is -0.457 e. The average molecular weight is 302 g/mol. The van der Waals surface area contributed by atoms with Gasteiger partial charge in [-0.15, -0.1) is 11.8 Å². The Morgan fingerprint density at radius 2 is 1.95 bits per heavy atom. The molecule has 21 heavy (non-hydrogen) atoms. The highest BCUT2D eigenvalue weighted by Gasteiger charge is 2.14. The molecule has 110 valence electrons. The van der Waals surface area contributed by atoms with Crippen LogP contribution in [0.1, 0.15) is 18.1 Å². The molecule has 0 heterocycles. The van der Waals surface area contributed by atoms with Crippen LogP contribution in [0.3, 0.4) is 0 Å². The zero-order chi connectivity index (χ0) is 15.2. The maximum Gasteiger partial charge on any atom is 0.175 e. The molecule has 0 radical (unpaired) electrons. The highest BCUT2D eigenvalue weighted by Crippen LogP contribution is 2.32. The number of aryl methyl sites for hydroxylation is 1. The summed E-state index contributed by atoms with van der Waals surface area (Å²) >= 11 is 1.62. The van der Waals surface area contributed by atoms with Crippen molar-refractivity contribution < 1.29 is 9.94 Å². The van der Waals surface area contributed by atoms with E-state index in [4.69, 9.17) is 15.7 Å². The molecule has 0 amide bonds. The van der Waals surface area contributed by atoms with E-state index in [1.165, 1.54) is 0 Å². The third kappa shape index (κ3) is 3.70. The van der Waals surface area contributed by atoms with Gasteiger partial charge in [0.1, 0.15) is 11.5 Å². The molecule has 0 aliphatic carbocycles. The van der Waals surface area contributed by atoms with Crippen molar-refractivity contribution in [3.05, 3.63) is 53.6 Å². The van der Waals surface area contributed by atoms with Crippen molar-refractivity contribution >= 4 is 17.6 Å². The maximum atomic E-state index is 9.01. The molecule has 0 aliphatic rings. The summed E-state index contributed by atoms with van der Waals surface area (Å²) in [4.78, 5) is 0.928. The van der Waals surface area contributed by atoms with Crippen molar-refractivity contribution in [2.45, 2.75) is 18.7 Å². The number of thioether (sulfide) groups is 1. The van der Waals surface area contributed by atoms with Crippen molar-refractivity contribution in [2.75, 3.05) is 5.75 Å². The fourth-order valence-corrected chi connectivity index (χ4v) is 2.74. The van der Waals surface area contributed by atoms with E-state index in [-0.39, 0.29) is 5.84 Å². The number of amidine groups is 1. The predicted octanol–water partition coefficient (Wildman–Crippen LogP) is 3.99. The van der Waals surface area contributed by atoms with Gasteiger partial charge in [-0.3, -0.25) is 0 Å². The van der Waals surface area contributed by atoms with E-state index in [0.717, 1.165) is 16.2 Å². The van der Waals surface area contributed by atoms with Gasteiger partial charge in [-0.2, -0.15) is 0 Å². The molecule has 3 N–H and O–H groups in total. The summed E-state index contributed by atoms with van der Waals surface area (Å²) in [7, 11) is 0. The Labute approximate surface area is 128 Å². The van der Waals surface area contributed by atoms with E-state index < -0.39 is 0 Å². The number of oxime groups is 1. The van der Waals surface area contributed by atoms with E-state index >= 15 is 0 Å². The van der Waals surface area contributed by atoms with E-state index in [0.29, 0.717) is 17.1 Å². The molecule has 2 aromatic rings. The van der Waals surface area contributed by atoms with Crippen LogP contribution in [-0.4, -0.2) is 16.8 Å². The van der Waals surface area contributed by atoms with Crippen LogP contribution in [0.15, 0.2) is 52.5 Å². The molecule has 0 fully saturated rings. The van der Waals surface area contributed by atoms with Crippen molar-refractivity contribution in [2.24, 2.45) is 10.9 Å². The van der Waals surface area contributed by atoms with Gasteiger partial charge >= 0.3 is 0 Å². The Bertz CT molecular complexity index is 639. The van der Waals surface area contributed by atoms with E-state index in [2.05, 4.69) is 5.16 Å². The lowest BCUT2D eigenvalue weighted by Gasteiger charge is -2.14. The second-order valence-corrected chi connectivity index (χ2v) is 5.77. The highest BCUT2D eigenvalue weighted by atomic mass is 32.2. The number of hydrogen-bond acceptors (Lipinski definition) is 4. The van der Waals surface area contributed by atoms with Gasteiger partial charge in [-0.05, 0) is 36.9 Å². The van der Waals surface area contributed by atoms with Gasteiger partial charge in [0.25, 0.3) is 0 Å². The number of rotatable bonds is 5. The largest absolute Gasteiger partial charge is 0.457 e. The smallest absolute Gasteiger partial charge is 0.175 e. The molecule has 0 unspecified atom stereocenters. The summed E-state index contributed by atoms with van der Waals surface area (Å²) in [6.45, 7) is 4.07. The van der Waals surface area contributed by atoms with Crippen LogP contribution in [0, 0.1) is 6.92 Å². The molecule has 0 atom stereocenters. The molecule has 5 heteroatoms. The summed E-state index contributed by atoms with van der Waals surface area (Å²) in [5.41, 5.74) is 7.59. The van der Waals surface area contributed by atoms with Crippen LogP contribution in [0.5, 0.6) is 11.5 Å². The third-order valence-electron chi connectivity index (χ3n) is 2.90. The first kappa shape index (κ1) is 15.3. The minimum absolute atomic E-state index is 0.0497. The van der Waals surface area contributed by atoms with Gasteiger partial charge in [-0.1, -0.05) is 35.8 Å². The summed E-state index contributed by atoms with van der Waals surface area (Å²) in [5.74, 6) is 2.23. The molecule has 4 nitrogen and oxygen atoms in total. The molecule has 0 aromatic heterocycles. The van der Waals surface area contributed by atoms with Gasteiger partial charge in [0.15, 0.2) is 5.84 Å². The fourth-order valence-electron chi connectivity index (χ4n) is 1.91. The van der Waals surface area contributed by atoms with Crippen LogP contribution in [0.2, 0.25) is 0 Å². The van der Waals surface area contributed by atoms with Crippen LogP contribution in [0.4, 0.5) is 0 Å². The first-order valence-electron chi connectivity index (χ1n) is 6.64. The number of benzene rings is 2. The monoisotopic (exact) mass is 302 g/mol. The number of nitrogens with two attached hydrogens (primary N) is 1. The van der Waals surface area contributed by atoms with Gasteiger partial charge in [-0.25, -0.2) is 0 Å². The van der Waals surface area contributed by atoms with Crippen LogP contribution in [0.25, 0.3) is 0 Å². The summed E-state index contributed by atoms with van der Waals surface area (Å²) < 4.78 is 5.89. The van der Waals surface area contributed by atoms with E-state index in [9.17, 15) is 0 Å². The molecule has 0 bridgehead atoms. The molecular formula is C16H18N2O2S. The van der Waals surface area contributed by atoms with Gasteiger partial charge in [0.2, 0.25) is 0 Å². The fraction of sp³-hybridized carbons (Fsp3) is 0.188. The lowest BCUT2D eigenvalue weighted by molar-refractivity contribution is 0.318. The molecule has 0 saturated heterocycles. The first-order chi connectivity index (χ1) is 10.2. The topological polar surface area (TPSA) is 67.8 Å². The molecule has 0 spiro atoms. The zero-order valence-corrected chi connectivity index (χ0v) is 12.9. The minimum atomic E-state index is 0.0497. The van der Waals surface area contributed by atoms with E-state index in [1.54, 1.807) is 11.8 Å². The Morgan fingerprint density at radius 1 is 1.24 bits per heavy atom. The molecule has 2 rings (SSSR count). The predicted molar refractivity (Wildman–Crippen MR) is 86.6 cm³/mol. The van der Waals surface area contributed by atoms with Crippen molar-refractivity contribution in [1.82, 2.24) is 0 Å². The Hall–Kier alpha value is -2.14. The zero-order valence-electron chi connectivity index (χ0n) is 12.0. The number of nitrogens with zero attached hydrogens (tertiary/aromatic N) is 1. The second kappa shape index (κ2) is 7.04. The van der Waals surface area contributed by atoms with Gasteiger partial charge in [0, 0.05) is 4.90 Å². The van der Waals surface area contributed by atoms with Crippen LogP contribution in [-0.2, 0) is 0 Å². The average Bonchev–Trinajstić information content (AvgIpc) is 2.49.